The SMILES string of the molecule is C=Cc1ccc(/C(=C/C)N(C)C=C)cc1N=C(C)N/C(=C/C)C/C(=C/N(C)C)CC. The van der Waals surface area contributed by atoms with E-state index in [1.54, 1.807) is 6.20 Å². The van der Waals surface area contributed by atoms with E-state index >= 15 is 0 Å². The Morgan fingerprint density at radius 1 is 1.13 bits per heavy atom. The zero-order valence-corrected chi connectivity index (χ0v) is 19.8. The molecule has 0 saturated carbocycles. The summed E-state index contributed by atoms with van der Waals surface area (Å²) >= 11 is 0. The van der Waals surface area contributed by atoms with Crippen LogP contribution in [0.1, 0.15) is 51.7 Å². The lowest BCUT2D eigenvalue weighted by atomic mass is 10.1. The Hall–Kier alpha value is -3.01. The van der Waals surface area contributed by atoms with Gasteiger partial charge < -0.3 is 15.1 Å². The van der Waals surface area contributed by atoms with Gasteiger partial charge in [0.25, 0.3) is 0 Å². The number of nitrogens with zero attached hydrogens (tertiary/aromatic N) is 3. The molecular formula is C26H38N4. The van der Waals surface area contributed by atoms with Crippen molar-refractivity contribution in [3.05, 3.63) is 78.3 Å². The molecule has 0 spiro atoms. The normalized spacial score (nSPS) is 13.2. The van der Waals surface area contributed by atoms with Crippen LogP contribution in [-0.2, 0) is 0 Å². The maximum atomic E-state index is 4.87. The maximum absolute atomic E-state index is 4.87. The van der Waals surface area contributed by atoms with Gasteiger partial charge >= 0.3 is 0 Å². The molecule has 162 valence electrons. The van der Waals surface area contributed by atoms with Gasteiger partial charge in [-0.25, -0.2) is 4.99 Å². The smallest absolute Gasteiger partial charge is 0.103 e. The monoisotopic (exact) mass is 406 g/mol. The number of allylic oxidation sites excluding steroid dienone is 3. The molecule has 0 bridgehead atoms. The van der Waals surface area contributed by atoms with E-state index in [9.17, 15) is 0 Å². The van der Waals surface area contributed by atoms with E-state index in [0.29, 0.717) is 0 Å². The quantitative estimate of drug-likeness (QED) is 0.353. The second-order valence-corrected chi connectivity index (χ2v) is 7.36. The Kier molecular flexibility index (Phi) is 10.5. The first-order valence-electron chi connectivity index (χ1n) is 10.4. The van der Waals surface area contributed by atoms with E-state index in [4.69, 9.17) is 4.99 Å². The molecule has 0 unspecified atom stereocenters. The molecular weight excluding hydrogens is 368 g/mol. The van der Waals surface area contributed by atoms with Gasteiger partial charge in [-0.1, -0.05) is 50.4 Å². The van der Waals surface area contributed by atoms with Gasteiger partial charge in [0.15, 0.2) is 0 Å². The van der Waals surface area contributed by atoms with E-state index in [1.165, 1.54) is 5.57 Å². The molecule has 0 aliphatic heterocycles. The highest BCUT2D eigenvalue weighted by Gasteiger charge is 2.08. The van der Waals surface area contributed by atoms with Gasteiger partial charge in [0.2, 0.25) is 0 Å². The Labute approximate surface area is 183 Å². The fourth-order valence-corrected chi connectivity index (χ4v) is 3.18. The Morgan fingerprint density at radius 3 is 2.33 bits per heavy atom. The van der Waals surface area contributed by atoms with Crippen molar-refractivity contribution >= 4 is 23.3 Å². The first-order valence-corrected chi connectivity index (χ1v) is 10.4. The van der Waals surface area contributed by atoms with Crippen LogP contribution in [-0.4, -0.2) is 36.8 Å². The predicted molar refractivity (Wildman–Crippen MR) is 134 cm³/mol. The lowest BCUT2D eigenvalue weighted by Crippen LogP contribution is -2.20. The van der Waals surface area contributed by atoms with Crippen LogP contribution in [0.4, 0.5) is 5.69 Å². The fourth-order valence-electron chi connectivity index (χ4n) is 3.18. The maximum Gasteiger partial charge on any atom is 0.103 e. The van der Waals surface area contributed by atoms with Crippen molar-refractivity contribution in [2.24, 2.45) is 4.99 Å². The predicted octanol–water partition coefficient (Wildman–Crippen LogP) is 6.55. The molecule has 0 aliphatic rings. The molecule has 0 aliphatic carbocycles. The van der Waals surface area contributed by atoms with Crippen LogP contribution in [0.25, 0.3) is 11.8 Å². The summed E-state index contributed by atoms with van der Waals surface area (Å²) in [6.07, 6.45) is 11.9. The Bertz CT molecular complexity index is 854. The first-order chi connectivity index (χ1) is 14.3. The summed E-state index contributed by atoms with van der Waals surface area (Å²) in [5, 5.41) is 3.48. The molecule has 0 fully saturated rings. The summed E-state index contributed by atoms with van der Waals surface area (Å²) in [4.78, 5) is 8.96. The zero-order valence-electron chi connectivity index (χ0n) is 19.8. The van der Waals surface area contributed by atoms with Gasteiger partial charge in [-0.15, -0.1) is 0 Å². The molecule has 1 aromatic rings. The summed E-state index contributed by atoms with van der Waals surface area (Å²) in [6, 6.07) is 6.24. The minimum Gasteiger partial charge on any atom is -0.384 e. The zero-order chi connectivity index (χ0) is 22.7. The summed E-state index contributed by atoms with van der Waals surface area (Å²) in [7, 11) is 6.10. The lowest BCUT2D eigenvalue weighted by molar-refractivity contribution is 0.553. The molecule has 0 aromatic heterocycles. The second-order valence-electron chi connectivity index (χ2n) is 7.36. The van der Waals surface area contributed by atoms with E-state index in [2.05, 4.69) is 87.9 Å². The number of benzene rings is 1. The fraction of sp³-hybridized carbons (Fsp3) is 0.346. The number of aliphatic imine (C=N–C) groups is 1. The summed E-state index contributed by atoms with van der Waals surface area (Å²) < 4.78 is 0. The van der Waals surface area contributed by atoms with Crippen LogP contribution in [0, 0.1) is 0 Å². The average molecular weight is 407 g/mol. The molecule has 0 atom stereocenters. The van der Waals surface area contributed by atoms with Crippen molar-refractivity contribution in [3.63, 3.8) is 0 Å². The Morgan fingerprint density at radius 2 is 1.83 bits per heavy atom. The van der Waals surface area contributed by atoms with Crippen LogP contribution < -0.4 is 5.32 Å². The second kappa shape index (κ2) is 12.5. The van der Waals surface area contributed by atoms with Gasteiger partial charge in [-0.05, 0) is 62.4 Å². The summed E-state index contributed by atoms with van der Waals surface area (Å²) in [5.41, 5.74) is 6.57. The first kappa shape index (κ1) is 25.0. The molecule has 4 heteroatoms. The third kappa shape index (κ3) is 7.43. The molecule has 0 amide bonds. The van der Waals surface area contributed by atoms with Gasteiger partial charge in [0, 0.05) is 39.0 Å². The van der Waals surface area contributed by atoms with Crippen molar-refractivity contribution < 1.29 is 0 Å². The number of amidine groups is 1. The van der Waals surface area contributed by atoms with Crippen molar-refractivity contribution in [2.45, 2.75) is 40.5 Å². The molecule has 0 heterocycles. The lowest BCUT2D eigenvalue weighted by Gasteiger charge is -2.19. The molecule has 0 saturated heterocycles. The van der Waals surface area contributed by atoms with Crippen LogP contribution in [0.2, 0.25) is 0 Å². The summed E-state index contributed by atoms with van der Waals surface area (Å²) in [5.74, 6) is 0.850. The third-order valence-electron chi connectivity index (χ3n) is 4.76. The standard InChI is InChI=1S/C26H38N4/c1-10-21(19-29(7)8)17-24(12-3)27-20(6)28-25-18-23(16-15-22(25)11-2)26(13-4)30(9)14-5/h11-16,18-19H,2,5,10,17H2,1,3-4,6-9H3,(H,27,28)/b21-19+,24-12+,26-13-. The van der Waals surface area contributed by atoms with Gasteiger partial charge in [0.1, 0.15) is 5.84 Å². The van der Waals surface area contributed by atoms with E-state index in [1.807, 2.05) is 31.9 Å². The highest BCUT2D eigenvalue weighted by Crippen LogP contribution is 2.27. The number of hydrogen-bond acceptors (Lipinski definition) is 3. The molecule has 30 heavy (non-hydrogen) atoms. The van der Waals surface area contributed by atoms with E-state index in [0.717, 1.165) is 46.9 Å². The highest BCUT2D eigenvalue weighted by molar-refractivity contribution is 5.86. The minimum atomic E-state index is 0.850. The van der Waals surface area contributed by atoms with E-state index < -0.39 is 0 Å². The molecule has 0 radical (unpaired) electrons. The largest absolute Gasteiger partial charge is 0.384 e. The van der Waals surface area contributed by atoms with Gasteiger partial charge in [-0.3, -0.25) is 0 Å². The van der Waals surface area contributed by atoms with E-state index in [-0.39, 0.29) is 0 Å². The van der Waals surface area contributed by atoms with Gasteiger partial charge in [0.05, 0.1) is 5.69 Å². The van der Waals surface area contributed by atoms with Crippen molar-refractivity contribution in [1.29, 1.82) is 0 Å². The van der Waals surface area contributed by atoms with Gasteiger partial charge in [-0.2, -0.15) is 0 Å². The Balaban J connectivity index is 3.20. The molecule has 4 nitrogen and oxygen atoms in total. The highest BCUT2D eigenvalue weighted by atomic mass is 15.1. The van der Waals surface area contributed by atoms with Crippen LogP contribution in [0.5, 0.6) is 0 Å². The molecule has 1 rings (SSSR count). The minimum absolute atomic E-state index is 0.850. The van der Waals surface area contributed by atoms with Crippen molar-refractivity contribution in [1.82, 2.24) is 15.1 Å². The van der Waals surface area contributed by atoms with Crippen LogP contribution >= 0.6 is 0 Å². The third-order valence-corrected chi connectivity index (χ3v) is 4.76. The summed E-state index contributed by atoms with van der Waals surface area (Å²) in [6.45, 7) is 16.1. The van der Waals surface area contributed by atoms with Crippen LogP contribution in [0.3, 0.4) is 0 Å². The van der Waals surface area contributed by atoms with Crippen LogP contribution in [0.15, 0.2) is 72.2 Å². The van der Waals surface area contributed by atoms with Crippen molar-refractivity contribution in [3.8, 4) is 0 Å². The number of nitrogens with one attached hydrogen (secondary N) is 1. The molecule has 1 aromatic carbocycles. The number of rotatable bonds is 10. The topological polar surface area (TPSA) is 30.9 Å². The molecule has 1 N–H and O–H groups in total. The number of hydrogen-bond donors (Lipinski definition) is 1. The van der Waals surface area contributed by atoms with Crippen molar-refractivity contribution in [2.75, 3.05) is 21.1 Å². The average Bonchev–Trinajstić information content (AvgIpc) is 2.72.